The molecule has 11 heteroatoms. The van der Waals surface area contributed by atoms with E-state index in [1.165, 1.54) is 37.6 Å². The van der Waals surface area contributed by atoms with Crippen LogP contribution in [0.3, 0.4) is 0 Å². The lowest BCUT2D eigenvalue weighted by Gasteiger charge is -2.24. The molecule has 3 heterocycles. The first kappa shape index (κ1) is 27.4. The highest BCUT2D eigenvalue weighted by molar-refractivity contribution is 7.22. The highest BCUT2D eigenvalue weighted by Crippen LogP contribution is 2.48. The largest absolute Gasteiger partial charge is 0.507 e. The number of fused-ring (bicyclic) bond motifs is 2. The SMILES string of the molecule is COc1ccc2nc(N3C(=O)C(=O)/C(=C(/O)c4ccc5c(c4)CC(C)O5)C3c3cc(OC)c(OC)c(OC)c3)sc2c1. The second-order valence-electron chi connectivity index (χ2n) is 9.91. The molecule has 42 heavy (non-hydrogen) atoms. The number of nitrogens with zero attached hydrogens (tertiary/aromatic N) is 2. The Hall–Kier alpha value is -4.77. The fourth-order valence-corrected chi connectivity index (χ4v) is 6.47. The number of thiazole rings is 1. The molecule has 0 bridgehead atoms. The van der Waals surface area contributed by atoms with Crippen molar-refractivity contribution in [1.29, 1.82) is 0 Å². The molecule has 0 saturated carbocycles. The second-order valence-corrected chi connectivity index (χ2v) is 10.9. The number of ketones is 1. The smallest absolute Gasteiger partial charge is 0.301 e. The molecule has 1 saturated heterocycles. The van der Waals surface area contributed by atoms with Crippen LogP contribution in [0.5, 0.6) is 28.7 Å². The van der Waals surface area contributed by atoms with Crippen LogP contribution >= 0.6 is 11.3 Å². The molecule has 1 aromatic heterocycles. The zero-order valence-corrected chi connectivity index (χ0v) is 24.4. The Kier molecular flexibility index (Phi) is 6.90. The van der Waals surface area contributed by atoms with Gasteiger partial charge in [-0.15, -0.1) is 0 Å². The van der Waals surface area contributed by atoms with Crippen LogP contribution in [0, 0.1) is 0 Å². The normalized spacial score (nSPS) is 19.1. The summed E-state index contributed by atoms with van der Waals surface area (Å²) >= 11 is 1.24. The molecule has 2 unspecified atom stereocenters. The maximum absolute atomic E-state index is 13.8. The summed E-state index contributed by atoms with van der Waals surface area (Å²) in [6.45, 7) is 1.96. The average Bonchev–Trinajstić information content (AvgIpc) is 3.67. The molecule has 10 nitrogen and oxygen atoms in total. The summed E-state index contributed by atoms with van der Waals surface area (Å²) < 4.78 is 28.6. The molecule has 0 radical (unpaired) electrons. The van der Waals surface area contributed by atoms with Gasteiger partial charge in [-0.2, -0.15) is 0 Å². The number of ether oxygens (including phenoxy) is 5. The summed E-state index contributed by atoms with van der Waals surface area (Å²) in [6.07, 6.45) is 0.663. The zero-order valence-electron chi connectivity index (χ0n) is 23.6. The van der Waals surface area contributed by atoms with E-state index in [4.69, 9.17) is 23.7 Å². The number of methoxy groups -OCH3 is 4. The summed E-state index contributed by atoms with van der Waals surface area (Å²) in [4.78, 5) is 33.5. The number of rotatable bonds is 7. The van der Waals surface area contributed by atoms with Crippen molar-refractivity contribution in [3.05, 3.63) is 70.8 Å². The van der Waals surface area contributed by atoms with E-state index in [1.54, 1.807) is 49.6 Å². The number of anilines is 1. The van der Waals surface area contributed by atoms with Crippen LogP contribution in [-0.4, -0.2) is 56.3 Å². The number of aliphatic hydroxyl groups excluding tert-OH is 1. The lowest BCUT2D eigenvalue weighted by Crippen LogP contribution is -2.29. The van der Waals surface area contributed by atoms with E-state index in [2.05, 4.69) is 4.98 Å². The monoisotopic (exact) mass is 588 g/mol. The van der Waals surface area contributed by atoms with E-state index in [0.29, 0.717) is 46.1 Å². The van der Waals surface area contributed by atoms with Gasteiger partial charge in [0.05, 0.1) is 50.3 Å². The van der Waals surface area contributed by atoms with Gasteiger partial charge in [0.2, 0.25) is 5.75 Å². The molecular formula is C31H28N2O8S. The van der Waals surface area contributed by atoms with Gasteiger partial charge < -0.3 is 28.8 Å². The van der Waals surface area contributed by atoms with E-state index in [-0.39, 0.29) is 22.6 Å². The Labute approximate surface area is 245 Å². The number of aromatic nitrogens is 1. The van der Waals surface area contributed by atoms with E-state index >= 15 is 0 Å². The highest BCUT2D eigenvalue weighted by Gasteiger charge is 2.49. The van der Waals surface area contributed by atoms with Gasteiger partial charge in [0.15, 0.2) is 16.6 Å². The third-order valence-corrected chi connectivity index (χ3v) is 8.42. The third kappa shape index (κ3) is 4.37. The molecule has 0 aliphatic carbocycles. The van der Waals surface area contributed by atoms with Crippen molar-refractivity contribution in [3.8, 4) is 28.7 Å². The fraction of sp³-hybridized carbons (Fsp3) is 0.258. The Balaban J connectivity index is 1.58. The predicted molar refractivity (Wildman–Crippen MR) is 157 cm³/mol. The number of carbonyl (C=O) groups is 2. The number of Topliss-reactive ketones (excluding diaryl/α,β-unsaturated/α-hetero) is 1. The van der Waals surface area contributed by atoms with Gasteiger partial charge in [-0.25, -0.2) is 4.98 Å². The number of carbonyl (C=O) groups excluding carboxylic acids is 2. The van der Waals surface area contributed by atoms with Crippen molar-refractivity contribution in [2.75, 3.05) is 33.3 Å². The van der Waals surface area contributed by atoms with Crippen molar-refractivity contribution in [2.45, 2.75) is 25.5 Å². The molecule has 2 aliphatic rings. The highest BCUT2D eigenvalue weighted by atomic mass is 32.1. The van der Waals surface area contributed by atoms with E-state index in [1.807, 2.05) is 13.0 Å². The topological polar surface area (TPSA) is 117 Å². The van der Waals surface area contributed by atoms with Crippen molar-refractivity contribution in [3.63, 3.8) is 0 Å². The fourth-order valence-electron chi connectivity index (χ4n) is 5.45. The van der Waals surface area contributed by atoms with Crippen LogP contribution in [0.25, 0.3) is 16.0 Å². The van der Waals surface area contributed by atoms with Crippen LogP contribution in [0.2, 0.25) is 0 Å². The predicted octanol–water partition coefficient (Wildman–Crippen LogP) is 5.28. The molecule has 1 N–H and O–H groups in total. The van der Waals surface area contributed by atoms with E-state index in [9.17, 15) is 14.7 Å². The molecule has 1 fully saturated rings. The number of benzene rings is 3. The second kappa shape index (κ2) is 10.6. The minimum Gasteiger partial charge on any atom is -0.507 e. The number of hydrogen-bond acceptors (Lipinski definition) is 10. The van der Waals surface area contributed by atoms with Gasteiger partial charge >= 0.3 is 5.91 Å². The number of amides is 1. The number of aliphatic hydroxyl groups is 1. The molecule has 1 amide bonds. The summed E-state index contributed by atoms with van der Waals surface area (Å²) in [5.41, 5.74) is 2.31. The Morgan fingerprint density at radius 2 is 1.71 bits per heavy atom. The molecular weight excluding hydrogens is 560 g/mol. The van der Waals surface area contributed by atoms with Crippen molar-refractivity contribution in [1.82, 2.24) is 4.98 Å². The summed E-state index contributed by atoms with van der Waals surface area (Å²) in [5, 5.41) is 12.0. The lowest BCUT2D eigenvalue weighted by atomic mass is 9.94. The van der Waals surface area contributed by atoms with Gasteiger partial charge in [0, 0.05) is 12.0 Å². The molecule has 6 rings (SSSR count). The van der Waals surface area contributed by atoms with Gasteiger partial charge in [0.1, 0.15) is 23.4 Å². The Morgan fingerprint density at radius 1 is 0.976 bits per heavy atom. The summed E-state index contributed by atoms with van der Waals surface area (Å²) in [5.74, 6) is 0.402. The van der Waals surface area contributed by atoms with Crippen molar-refractivity contribution >= 4 is 44.1 Å². The average molecular weight is 589 g/mol. The maximum Gasteiger partial charge on any atom is 0.301 e. The lowest BCUT2D eigenvalue weighted by molar-refractivity contribution is -0.132. The first-order chi connectivity index (χ1) is 20.3. The molecule has 4 aromatic rings. The van der Waals surface area contributed by atoms with Crippen molar-refractivity contribution < 1.29 is 38.4 Å². The van der Waals surface area contributed by atoms with Crippen LogP contribution in [-0.2, 0) is 16.0 Å². The molecule has 216 valence electrons. The quantitative estimate of drug-likeness (QED) is 0.175. The molecule has 0 spiro atoms. The van der Waals surface area contributed by atoms with Gasteiger partial charge in [-0.1, -0.05) is 11.3 Å². The summed E-state index contributed by atoms with van der Waals surface area (Å²) in [7, 11) is 6.01. The van der Waals surface area contributed by atoms with Gasteiger partial charge in [-0.05, 0) is 66.6 Å². The van der Waals surface area contributed by atoms with Crippen molar-refractivity contribution in [2.24, 2.45) is 0 Å². The van der Waals surface area contributed by atoms with Crippen LogP contribution in [0.1, 0.15) is 29.7 Å². The molecule has 3 aromatic carbocycles. The first-order valence-corrected chi connectivity index (χ1v) is 13.9. The Bertz CT molecular complexity index is 1750. The molecule has 2 aliphatic heterocycles. The zero-order chi connectivity index (χ0) is 29.7. The van der Waals surface area contributed by atoms with Crippen LogP contribution < -0.4 is 28.6 Å². The number of hydrogen-bond donors (Lipinski definition) is 1. The first-order valence-electron chi connectivity index (χ1n) is 13.1. The van der Waals surface area contributed by atoms with E-state index in [0.717, 1.165) is 16.0 Å². The maximum atomic E-state index is 13.8. The summed E-state index contributed by atoms with van der Waals surface area (Å²) in [6, 6.07) is 12.9. The minimum atomic E-state index is -1.05. The van der Waals surface area contributed by atoms with Gasteiger partial charge in [-0.3, -0.25) is 14.5 Å². The molecule has 2 atom stereocenters. The standard InChI is InChI=1S/C31H28N2O8S/c1-15-10-17-11-16(6-9-21(17)41-15)27(34)25-26(18-12-22(38-3)29(40-5)23(13-18)39-4)33(30(36)28(25)35)31-32-20-8-7-19(37-2)14-24(20)42-31/h6-9,11-15,26,34H,10H2,1-5H3/b27-25+. The van der Waals surface area contributed by atoms with Crippen LogP contribution in [0.15, 0.2) is 54.1 Å². The Morgan fingerprint density at radius 3 is 2.38 bits per heavy atom. The van der Waals surface area contributed by atoms with E-state index < -0.39 is 17.7 Å². The minimum absolute atomic E-state index is 0.000125. The third-order valence-electron chi connectivity index (χ3n) is 7.41. The van der Waals surface area contributed by atoms with Crippen LogP contribution in [0.4, 0.5) is 5.13 Å². The van der Waals surface area contributed by atoms with Gasteiger partial charge in [0.25, 0.3) is 5.78 Å².